The Balaban J connectivity index is 1.93. The van der Waals surface area contributed by atoms with Crippen molar-refractivity contribution in [3.63, 3.8) is 0 Å². The number of carbonyl (C=O) groups is 1. The SMILES string of the molecule is Cc1cccc(Nc2nnc(S[C@@H](C)C(=O)N(C)CCC#N)s2)c1. The Labute approximate surface area is 149 Å². The molecule has 1 N–H and O–H groups in total. The molecule has 2 aromatic rings. The third kappa shape index (κ3) is 5.22. The Bertz CT molecular complexity index is 740. The first kappa shape index (κ1) is 18.2. The first-order valence-electron chi connectivity index (χ1n) is 7.45. The number of rotatable bonds is 7. The number of nitrogens with zero attached hydrogens (tertiary/aromatic N) is 4. The van der Waals surface area contributed by atoms with Gasteiger partial charge in [0, 0.05) is 19.3 Å². The fourth-order valence-corrected chi connectivity index (χ4v) is 4.03. The maximum atomic E-state index is 12.2. The van der Waals surface area contributed by atoms with Crippen LogP contribution in [0.25, 0.3) is 0 Å². The van der Waals surface area contributed by atoms with Crippen LogP contribution >= 0.6 is 23.1 Å². The van der Waals surface area contributed by atoms with Gasteiger partial charge in [-0.25, -0.2) is 0 Å². The number of hydrogen-bond donors (Lipinski definition) is 1. The van der Waals surface area contributed by atoms with Crippen LogP contribution in [0.5, 0.6) is 0 Å². The zero-order valence-electron chi connectivity index (χ0n) is 13.8. The lowest BCUT2D eigenvalue weighted by atomic mass is 10.2. The van der Waals surface area contributed by atoms with E-state index >= 15 is 0 Å². The van der Waals surface area contributed by atoms with Crippen LogP contribution in [0.15, 0.2) is 28.6 Å². The van der Waals surface area contributed by atoms with Gasteiger partial charge in [-0.3, -0.25) is 4.79 Å². The van der Waals surface area contributed by atoms with Gasteiger partial charge in [0.25, 0.3) is 0 Å². The molecular weight excluding hydrogens is 342 g/mol. The van der Waals surface area contributed by atoms with E-state index in [9.17, 15) is 4.79 Å². The molecule has 0 saturated heterocycles. The van der Waals surface area contributed by atoms with E-state index in [0.717, 1.165) is 10.0 Å². The third-order valence-electron chi connectivity index (χ3n) is 3.24. The van der Waals surface area contributed by atoms with E-state index in [1.165, 1.54) is 28.7 Å². The van der Waals surface area contributed by atoms with E-state index in [1.807, 2.05) is 44.2 Å². The van der Waals surface area contributed by atoms with Crippen molar-refractivity contribution in [2.45, 2.75) is 29.9 Å². The highest BCUT2D eigenvalue weighted by atomic mass is 32.2. The van der Waals surface area contributed by atoms with Gasteiger partial charge in [-0.1, -0.05) is 35.2 Å². The maximum Gasteiger partial charge on any atom is 0.235 e. The predicted octanol–water partition coefficient (Wildman–Crippen LogP) is 3.44. The summed E-state index contributed by atoms with van der Waals surface area (Å²) in [7, 11) is 1.71. The van der Waals surface area contributed by atoms with Crippen LogP contribution in [0.4, 0.5) is 10.8 Å². The van der Waals surface area contributed by atoms with Crippen LogP contribution in [0.1, 0.15) is 18.9 Å². The van der Waals surface area contributed by atoms with Crippen LogP contribution < -0.4 is 5.32 Å². The van der Waals surface area contributed by atoms with Gasteiger partial charge in [0.15, 0.2) is 4.34 Å². The molecule has 0 spiro atoms. The molecule has 0 aliphatic heterocycles. The zero-order chi connectivity index (χ0) is 17.5. The molecule has 1 aromatic heterocycles. The number of aromatic nitrogens is 2. The molecule has 24 heavy (non-hydrogen) atoms. The van der Waals surface area contributed by atoms with Crippen molar-refractivity contribution < 1.29 is 4.79 Å². The lowest BCUT2D eigenvalue weighted by Crippen LogP contribution is -2.33. The van der Waals surface area contributed by atoms with Crippen LogP contribution in [0.2, 0.25) is 0 Å². The standard InChI is InChI=1S/C16H19N5OS2/c1-11-6-4-7-13(10-11)18-15-19-20-16(24-15)23-12(2)14(22)21(3)9-5-8-17/h4,6-7,10,12H,5,9H2,1-3H3,(H,18,19)/t12-/m0/s1. The minimum atomic E-state index is -0.270. The highest BCUT2D eigenvalue weighted by Crippen LogP contribution is 2.31. The summed E-state index contributed by atoms with van der Waals surface area (Å²) < 4.78 is 0.736. The van der Waals surface area contributed by atoms with Crippen molar-refractivity contribution in [1.82, 2.24) is 15.1 Å². The van der Waals surface area contributed by atoms with Crippen molar-refractivity contribution in [3.8, 4) is 6.07 Å². The predicted molar refractivity (Wildman–Crippen MR) is 97.6 cm³/mol. The van der Waals surface area contributed by atoms with Crippen molar-refractivity contribution in [3.05, 3.63) is 29.8 Å². The molecule has 0 radical (unpaired) electrons. The van der Waals surface area contributed by atoms with E-state index < -0.39 is 0 Å². The van der Waals surface area contributed by atoms with Crippen LogP contribution in [-0.2, 0) is 4.79 Å². The van der Waals surface area contributed by atoms with Crippen LogP contribution in [-0.4, -0.2) is 39.8 Å². The molecule has 6 nitrogen and oxygen atoms in total. The van der Waals surface area contributed by atoms with Gasteiger partial charge >= 0.3 is 0 Å². The number of aryl methyl sites for hydroxylation is 1. The van der Waals surface area contributed by atoms with E-state index in [-0.39, 0.29) is 11.2 Å². The minimum Gasteiger partial charge on any atom is -0.344 e. The average Bonchev–Trinajstić information content (AvgIpc) is 2.98. The molecule has 0 aliphatic rings. The molecule has 1 amide bonds. The Morgan fingerprint density at radius 2 is 2.29 bits per heavy atom. The van der Waals surface area contributed by atoms with Gasteiger partial charge < -0.3 is 10.2 Å². The summed E-state index contributed by atoms with van der Waals surface area (Å²) in [5.41, 5.74) is 2.13. The highest BCUT2D eigenvalue weighted by Gasteiger charge is 2.20. The summed E-state index contributed by atoms with van der Waals surface area (Å²) in [6, 6.07) is 10.1. The van der Waals surface area contributed by atoms with Crippen molar-refractivity contribution >= 4 is 39.8 Å². The fraction of sp³-hybridized carbons (Fsp3) is 0.375. The second-order valence-corrected chi connectivity index (χ2v) is 7.86. The summed E-state index contributed by atoms with van der Waals surface area (Å²) in [6.45, 7) is 4.31. The van der Waals surface area contributed by atoms with E-state index in [0.29, 0.717) is 18.1 Å². The van der Waals surface area contributed by atoms with Gasteiger partial charge in [-0.2, -0.15) is 5.26 Å². The van der Waals surface area contributed by atoms with E-state index in [2.05, 4.69) is 15.5 Å². The summed E-state index contributed by atoms with van der Waals surface area (Å²) >= 11 is 2.79. The van der Waals surface area contributed by atoms with Crippen molar-refractivity contribution in [1.29, 1.82) is 5.26 Å². The second-order valence-electron chi connectivity index (χ2n) is 5.30. The Hall–Kier alpha value is -2.11. The quantitative estimate of drug-likeness (QED) is 0.761. The molecule has 2 rings (SSSR count). The largest absolute Gasteiger partial charge is 0.344 e. The van der Waals surface area contributed by atoms with Crippen LogP contribution in [0, 0.1) is 18.3 Å². The van der Waals surface area contributed by atoms with Gasteiger partial charge in [0.1, 0.15) is 0 Å². The fourth-order valence-electron chi connectivity index (χ4n) is 1.99. The zero-order valence-corrected chi connectivity index (χ0v) is 15.4. The normalized spacial score (nSPS) is 11.6. The Kier molecular flexibility index (Phi) is 6.58. The Morgan fingerprint density at radius 3 is 3.00 bits per heavy atom. The maximum absolute atomic E-state index is 12.2. The molecular formula is C16H19N5OS2. The first-order chi connectivity index (χ1) is 11.5. The number of anilines is 2. The topological polar surface area (TPSA) is 81.9 Å². The number of amides is 1. The molecule has 1 heterocycles. The lowest BCUT2D eigenvalue weighted by Gasteiger charge is -2.18. The molecule has 0 aliphatic carbocycles. The number of hydrogen-bond acceptors (Lipinski definition) is 7. The average molecular weight is 361 g/mol. The third-order valence-corrected chi connectivity index (χ3v) is 5.25. The van der Waals surface area contributed by atoms with Crippen molar-refractivity contribution in [2.24, 2.45) is 0 Å². The number of thioether (sulfide) groups is 1. The van der Waals surface area contributed by atoms with Gasteiger partial charge in [0.2, 0.25) is 11.0 Å². The molecule has 0 unspecified atom stereocenters. The smallest absolute Gasteiger partial charge is 0.235 e. The molecule has 0 bridgehead atoms. The number of benzene rings is 1. The summed E-state index contributed by atoms with van der Waals surface area (Å²) in [4.78, 5) is 13.8. The molecule has 0 fully saturated rings. The Morgan fingerprint density at radius 1 is 1.50 bits per heavy atom. The molecule has 1 aromatic carbocycles. The minimum absolute atomic E-state index is 0.0151. The molecule has 0 saturated carbocycles. The molecule has 1 atom stereocenters. The number of nitriles is 1. The number of carbonyl (C=O) groups excluding carboxylic acids is 1. The summed E-state index contributed by atoms with van der Waals surface area (Å²) in [5.74, 6) is -0.0151. The highest BCUT2D eigenvalue weighted by molar-refractivity contribution is 8.02. The van der Waals surface area contributed by atoms with Gasteiger partial charge in [-0.05, 0) is 31.5 Å². The summed E-state index contributed by atoms with van der Waals surface area (Å²) in [6.07, 6.45) is 0.336. The van der Waals surface area contributed by atoms with E-state index in [4.69, 9.17) is 5.26 Å². The summed E-state index contributed by atoms with van der Waals surface area (Å²) in [5, 5.41) is 20.5. The van der Waals surface area contributed by atoms with Crippen LogP contribution in [0.3, 0.4) is 0 Å². The monoisotopic (exact) mass is 361 g/mol. The van der Waals surface area contributed by atoms with E-state index in [1.54, 1.807) is 11.9 Å². The second kappa shape index (κ2) is 8.66. The van der Waals surface area contributed by atoms with Gasteiger partial charge in [-0.15, -0.1) is 10.2 Å². The number of nitrogens with one attached hydrogen (secondary N) is 1. The van der Waals surface area contributed by atoms with Crippen molar-refractivity contribution in [2.75, 3.05) is 18.9 Å². The molecule has 8 heteroatoms. The van der Waals surface area contributed by atoms with Gasteiger partial charge in [0.05, 0.1) is 17.7 Å². The first-order valence-corrected chi connectivity index (χ1v) is 9.15. The molecule has 126 valence electrons. The lowest BCUT2D eigenvalue weighted by molar-refractivity contribution is -0.128.